The zero-order valence-electron chi connectivity index (χ0n) is 8.30. The van der Waals surface area contributed by atoms with Gasteiger partial charge in [0, 0.05) is 16.0 Å². The first-order chi connectivity index (χ1) is 6.88. The van der Waals surface area contributed by atoms with Gasteiger partial charge in [-0.2, -0.15) is 13.2 Å². The minimum atomic E-state index is -4.13. The molecule has 16 heavy (non-hydrogen) atoms. The van der Waals surface area contributed by atoms with Crippen LogP contribution in [0.4, 0.5) is 13.2 Å². The Morgan fingerprint density at radius 3 is 2.44 bits per heavy atom. The number of hydrogen-bond acceptors (Lipinski definition) is 1. The van der Waals surface area contributed by atoms with E-state index in [0.717, 1.165) is 9.13 Å². The van der Waals surface area contributed by atoms with E-state index in [-0.39, 0.29) is 18.8 Å². The average Bonchev–Trinajstić information content (AvgIpc) is 2.13. The van der Waals surface area contributed by atoms with Crippen LogP contribution in [0.3, 0.4) is 0 Å². The molecule has 0 saturated carbocycles. The summed E-state index contributed by atoms with van der Waals surface area (Å²) in [6.45, 7) is 0. The lowest BCUT2D eigenvalue weighted by atomic mass is 10.0. The normalized spacial score (nSPS) is 13.1. The summed E-state index contributed by atoms with van der Waals surface area (Å²) in [5.41, 5.74) is 6.42. The Bertz CT molecular complexity index is 330. The molecule has 2 N–H and O–H groups in total. The Morgan fingerprint density at radius 1 is 1.31 bits per heavy atom. The van der Waals surface area contributed by atoms with Gasteiger partial charge in [-0.1, -0.05) is 12.1 Å². The lowest BCUT2D eigenvalue weighted by molar-refractivity contribution is -0.136. The molecule has 0 saturated heterocycles. The molecule has 0 aliphatic carbocycles. The number of nitrogens with two attached hydrogens (primary N) is 1. The quantitative estimate of drug-likeness (QED) is 0.804. The van der Waals surface area contributed by atoms with Gasteiger partial charge in [-0.3, -0.25) is 0 Å². The topological polar surface area (TPSA) is 26.0 Å². The van der Waals surface area contributed by atoms with E-state index in [9.17, 15) is 13.2 Å². The fraction of sp³-hybridized carbons (Fsp3) is 0.400. The van der Waals surface area contributed by atoms with Gasteiger partial charge in [-0.15, -0.1) is 12.4 Å². The predicted octanol–water partition coefficient (Wildman–Crippen LogP) is 4.06. The third-order valence-electron chi connectivity index (χ3n) is 2.02. The molecule has 0 bridgehead atoms. The predicted molar refractivity (Wildman–Crippen MR) is 68.6 cm³/mol. The van der Waals surface area contributed by atoms with Gasteiger partial charge in [0.1, 0.15) is 0 Å². The highest BCUT2D eigenvalue weighted by Crippen LogP contribution is 2.26. The van der Waals surface area contributed by atoms with E-state index < -0.39 is 18.6 Å². The minimum Gasteiger partial charge on any atom is -0.324 e. The second-order valence-electron chi connectivity index (χ2n) is 3.32. The first-order valence-corrected chi connectivity index (χ1v) is 5.54. The molecule has 92 valence electrons. The highest BCUT2D eigenvalue weighted by molar-refractivity contribution is 14.1. The summed E-state index contributed by atoms with van der Waals surface area (Å²) in [6.07, 6.45) is -5.03. The molecule has 1 aromatic rings. The molecule has 6 heteroatoms. The summed E-state index contributed by atoms with van der Waals surface area (Å²) < 4.78 is 36.8. The minimum absolute atomic E-state index is 0. The number of hydrogen-bond donors (Lipinski definition) is 1. The van der Waals surface area contributed by atoms with Crippen molar-refractivity contribution in [3.05, 3.63) is 33.4 Å². The van der Waals surface area contributed by atoms with Crippen LogP contribution in [0, 0.1) is 3.57 Å². The smallest absolute Gasteiger partial charge is 0.324 e. The first kappa shape index (κ1) is 16.0. The molecule has 0 aromatic heterocycles. The van der Waals surface area contributed by atoms with Gasteiger partial charge in [0.15, 0.2) is 0 Å². The highest BCUT2D eigenvalue weighted by Gasteiger charge is 2.27. The molecule has 0 radical (unpaired) electrons. The lowest BCUT2D eigenvalue weighted by Crippen LogP contribution is -2.15. The van der Waals surface area contributed by atoms with Crippen LogP contribution in [0.1, 0.15) is 24.4 Å². The van der Waals surface area contributed by atoms with Gasteiger partial charge in [-0.25, -0.2) is 0 Å². The van der Waals surface area contributed by atoms with Crippen LogP contribution in [0.25, 0.3) is 0 Å². The van der Waals surface area contributed by atoms with Crippen LogP contribution < -0.4 is 5.73 Å². The monoisotopic (exact) mass is 365 g/mol. The summed E-state index contributed by atoms with van der Waals surface area (Å²) in [6, 6.07) is 6.69. The molecule has 0 amide bonds. The summed E-state index contributed by atoms with van der Waals surface area (Å²) in [4.78, 5) is 0. The Morgan fingerprint density at radius 2 is 1.94 bits per heavy atom. The molecule has 0 heterocycles. The second-order valence-corrected chi connectivity index (χ2v) is 4.56. The molecule has 0 aliphatic heterocycles. The van der Waals surface area contributed by atoms with Crippen LogP contribution in [0.15, 0.2) is 24.3 Å². The van der Waals surface area contributed by atoms with Crippen molar-refractivity contribution >= 4 is 35.0 Å². The van der Waals surface area contributed by atoms with Gasteiger partial charge in [0.2, 0.25) is 0 Å². The number of alkyl halides is 3. The number of halogens is 5. The van der Waals surface area contributed by atoms with Gasteiger partial charge >= 0.3 is 6.18 Å². The number of benzene rings is 1. The van der Waals surface area contributed by atoms with Crippen molar-refractivity contribution in [3.8, 4) is 0 Å². The zero-order valence-corrected chi connectivity index (χ0v) is 11.3. The van der Waals surface area contributed by atoms with E-state index in [1.165, 1.54) is 0 Å². The van der Waals surface area contributed by atoms with E-state index in [0.29, 0.717) is 0 Å². The van der Waals surface area contributed by atoms with Crippen molar-refractivity contribution in [1.82, 2.24) is 0 Å². The van der Waals surface area contributed by atoms with E-state index in [4.69, 9.17) is 5.73 Å². The van der Waals surface area contributed by atoms with E-state index >= 15 is 0 Å². The summed E-state index contributed by atoms with van der Waals surface area (Å²) in [5.74, 6) is 0. The molecule has 0 spiro atoms. The molecule has 0 unspecified atom stereocenters. The Balaban J connectivity index is 0.00000225. The van der Waals surface area contributed by atoms with E-state index in [1.807, 2.05) is 12.1 Å². The maximum absolute atomic E-state index is 12.0. The molecule has 0 aliphatic rings. The maximum atomic E-state index is 12.0. The van der Waals surface area contributed by atoms with Crippen molar-refractivity contribution in [2.45, 2.75) is 25.1 Å². The SMILES string of the molecule is Cl.N[C@@H](CCC(F)(F)F)c1cccc(I)c1. The fourth-order valence-corrected chi connectivity index (χ4v) is 1.79. The molecule has 0 fully saturated rings. The van der Waals surface area contributed by atoms with Crippen molar-refractivity contribution < 1.29 is 13.2 Å². The van der Waals surface area contributed by atoms with Crippen LogP contribution in [-0.4, -0.2) is 6.18 Å². The Labute approximate surface area is 112 Å². The lowest BCUT2D eigenvalue weighted by Gasteiger charge is -2.13. The third kappa shape index (κ3) is 5.91. The van der Waals surface area contributed by atoms with Crippen molar-refractivity contribution in [2.75, 3.05) is 0 Å². The van der Waals surface area contributed by atoms with Gasteiger partial charge in [0.25, 0.3) is 0 Å². The van der Waals surface area contributed by atoms with Gasteiger partial charge < -0.3 is 5.73 Å². The molecule has 1 rings (SSSR count). The first-order valence-electron chi connectivity index (χ1n) is 4.46. The molecule has 1 atom stereocenters. The van der Waals surface area contributed by atoms with Gasteiger partial charge in [0.05, 0.1) is 0 Å². The fourth-order valence-electron chi connectivity index (χ4n) is 1.22. The van der Waals surface area contributed by atoms with Gasteiger partial charge in [-0.05, 0) is 46.7 Å². The van der Waals surface area contributed by atoms with Crippen LogP contribution in [0.2, 0.25) is 0 Å². The third-order valence-corrected chi connectivity index (χ3v) is 2.69. The maximum Gasteiger partial charge on any atom is 0.389 e. The molecule has 1 nitrogen and oxygen atoms in total. The van der Waals surface area contributed by atoms with E-state index in [2.05, 4.69) is 22.6 Å². The molecular formula is C10H12ClF3IN. The Hall–Kier alpha value is -0.0100. The zero-order chi connectivity index (χ0) is 11.5. The average molecular weight is 366 g/mol. The molecule has 1 aromatic carbocycles. The van der Waals surface area contributed by atoms with E-state index in [1.54, 1.807) is 12.1 Å². The molecular weight excluding hydrogens is 353 g/mol. The summed E-state index contributed by atoms with van der Waals surface area (Å²) in [5, 5.41) is 0. The second kappa shape index (κ2) is 6.66. The van der Waals surface area contributed by atoms with Crippen molar-refractivity contribution in [2.24, 2.45) is 5.73 Å². The van der Waals surface area contributed by atoms with Crippen LogP contribution in [0.5, 0.6) is 0 Å². The largest absolute Gasteiger partial charge is 0.389 e. The van der Waals surface area contributed by atoms with Crippen LogP contribution >= 0.6 is 35.0 Å². The van der Waals surface area contributed by atoms with Crippen molar-refractivity contribution in [3.63, 3.8) is 0 Å². The summed E-state index contributed by atoms with van der Waals surface area (Å²) >= 11 is 2.11. The highest BCUT2D eigenvalue weighted by atomic mass is 127. The van der Waals surface area contributed by atoms with Crippen molar-refractivity contribution in [1.29, 1.82) is 0 Å². The summed E-state index contributed by atoms with van der Waals surface area (Å²) in [7, 11) is 0. The standard InChI is InChI=1S/C10H11F3IN.ClH/c11-10(12,13)5-4-9(15)7-2-1-3-8(14)6-7;/h1-3,6,9H,4-5,15H2;1H/t9-;/m0./s1. The Kier molecular flexibility index (Phi) is 6.65. The number of rotatable bonds is 3. The van der Waals surface area contributed by atoms with Crippen LogP contribution in [-0.2, 0) is 0 Å².